The molecule has 0 aromatic heterocycles. The average Bonchev–Trinajstić information content (AvgIpc) is 2.65. The van der Waals surface area contributed by atoms with E-state index in [0.29, 0.717) is 12.6 Å². The van der Waals surface area contributed by atoms with Gasteiger partial charge in [0.15, 0.2) is 0 Å². The van der Waals surface area contributed by atoms with Crippen LogP contribution in [0.15, 0.2) is 47.4 Å². The highest BCUT2D eigenvalue weighted by molar-refractivity contribution is 7.98. The zero-order chi connectivity index (χ0) is 19.1. The van der Waals surface area contributed by atoms with Gasteiger partial charge in [-0.25, -0.2) is 0 Å². The van der Waals surface area contributed by atoms with Crippen molar-refractivity contribution >= 4 is 17.4 Å². The number of rotatable bonds is 9. The number of thioether (sulfide) groups is 1. The lowest BCUT2D eigenvalue weighted by atomic mass is 10.1. The molecule has 2 rings (SSSR count). The minimum absolute atomic E-state index is 0.258. The molecule has 0 saturated carbocycles. The zero-order valence-electron chi connectivity index (χ0n) is 16.1. The molecule has 0 aliphatic carbocycles. The molecule has 2 atom stereocenters. The standard InChI is InChI=1S/C21H30N2O2S/c1-15-5-8-18(9-6-15)23(3)12-11-16(2)22-14-20(25)17-7-10-19(24)21(13-17)26-4/h5-10,13,16,20,22,24-25H,11-12,14H2,1-4H3. The number of benzene rings is 2. The van der Waals surface area contributed by atoms with Crippen LogP contribution in [0.25, 0.3) is 0 Å². The van der Waals surface area contributed by atoms with Crippen LogP contribution in [0.4, 0.5) is 5.69 Å². The van der Waals surface area contributed by atoms with Crippen molar-refractivity contribution in [1.29, 1.82) is 0 Å². The Morgan fingerprint density at radius 1 is 1.15 bits per heavy atom. The highest BCUT2D eigenvalue weighted by atomic mass is 32.2. The number of aryl methyl sites for hydroxylation is 1. The number of phenols is 1. The molecular weight excluding hydrogens is 344 g/mol. The van der Waals surface area contributed by atoms with E-state index < -0.39 is 6.10 Å². The van der Waals surface area contributed by atoms with Gasteiger partial charge in [0.1, 0.15) is 5.75 Å². The van der Waals surface area contributed by atoms with Crippen LogP contribution in [0.2, 0.25) is 0 Å². The summed E-state index contributed by atoms with van der Waals surface area (Å²) in [7, 11) is 2.10. The maximum Gasteiger partial charge on any atom is 0.129 e. The van der Waals surface area contributed by atoms with Crippen LogP contribution >= 0.6 is 11.8 Å². The first-order valence-electron chi connectivity index (χ1n) is 8.97. The van der Waals surface area contributed by atoms with E-state index in [0.717, 1.165) is 23.4 Å². The first kappa shape index (κ1) is 20.6. The van der Waals surface area contributed by atoms with Gasteiger partial charge in [-0.3, -0.25) is 0 Å². The van der Waals surface area contributed by atoms with Crippen molar-refractivity contribution in [2.24, 2.45) is 0 Å². The Morgan fingerprint density at radius 3 is 2.50 bits per heavy atom. The number of hydrogen-bond donors (Lipinski definition) is 3. The van der Waals surface area contributed by atoms with Gasteiger partial charge in [-0.2, -0.15) is 0 Å². The number of aromatic hydroxyl groups is 1. The van der Waals surface area contributed by atoms with Crippen LogP contribution in [0, 0.1) is 6.92 Å². The lowest BCUT2D eigenvalue weighted by molar-refractivity contribution is 0.170. The number of aliphatic hydroxyl groups excluding tert-OH is 1. The molecule has 0 fully saturated rings. The van der Waals surface area contributed by atoms with Crippen LogP contribution in [0.1, 0.15) is 30.6 Å². The summed E-state index contributed by atoms with van der Waals surface area (Å²) in [6.45, 7) is 5.67. The molecule has 2 aromatic rings. The SMILES string of the molecule is CSc1cc(C(O)CNC(C)CCN(C)c2ccc(C)cc2)ccc1O. The average molecular weight is 375 g/mol. The molecule has 142 valence electrons. The summed E-state index contributed by atoms with van der Waals surface area (Å²) in [6, 6.07) is 14.1. The number of nitrogens with one attached hydrogen (secondary N) is 1. The minimum atomic E-state index is -0.584. The van der Waals surface area contributed by atoms with Crippen LogP contribution in [0.5, 0.6) is 5.75 Å². The molecule has 4 nitrogen and oxygen atoms in total. The Labute approximate surface area is 161 Å². The van der Waals surface area contributed by atoms with E-state index in [1.165, 1.54) is 23.0 Å². The maximum absolute atomic E-state index is 10.4. The van der Waals surface area contributed by atoms with Gasteiger partial charge in [0.2, 0.25) is 0 Å². The Kier molecular flexibility index (Phi) is 7.82. The lowest BCUT2D eigenvalue weighted by Crippen LogP contribution is -2.33. The topological polar surface area (TPSA) is 55.7 Å². The van der Waals surface area contributed by atoms with E-state index in [1.54, 1.807) is 12.1 Å². The normalized spacial score (nSPS) is 13.4. The van der Waals surface area contributed by atoms with Gasteiger partial charge >= 0.3 is 0 Å². The molecule has 3 N–H and O–H groups in total. The summed E-state index contributed by atoms with van der Waals surface area (Å²) in [5.74, 6) is 0.258. The molecule has 0 aliphatic rings. The van der Waals surface area contributed by atoms with E-state index in [4.69, 9.17) is 0 Å². The minimum Gasteiger partial charge on any atom is -0.507 e. The number of nitrogens with zero attached hydrogens (tertiary/aromatic N) is 1. The van der Waals surface area contributed by atoms with Gasteiger partial charge in [0.05, 0.1) is 6.10 Å². The molecule has 0 bridgehead atoms. The van der Waals surface area contributed by atoms with Gasteiger partial charge in [-0.15, -0.1) is 11.8 Å². The second-order valence-corrected chi connectivity index (χ2v) is 7.65. The summed E-state index contributed by atoms with van der Waals surface area (Å²) in [6.07, 6.45) is 2.32. The zero-order valence-corrected chi connectivity index (χ0v) is 16.9. The predicted molar refractivity (Wildman–Crippen MR) is 111 cm³/mol. The molecule has 0 aliphatic heterocycles. The second kappa shape index (κ2) is 9.86. The first-order valence-corrected chi connectivity index (χ1v) is 10.2. The fraction of sp³-hybridized carbons (Fsp3) is 0.429. The molecule has 2 unspecified atom stereocenters. The van der Waals surface area contributed by atoms with E-state index in [9.17, 15) is 10.2 Å². The molecule has 2 aromatic carbocycles. The molecule has 26 heavy (non-hydrogen) atoms. The van der Waals surface area contributed by atoms with Gasteiger partial charge < -0.3 is 20.4 Å². The van der Waals surface area contributed by atoms with Crippen LogP contribution in [-0.4, -0.2) is 42.6 Å². The fourth-order valence-corrected chi connectivity index (χ4v) is 3.28. The van der Waals surface area contributed by atoms with Crippen molar-refractivity contribution in [1.82, 2.24) is 5.32 Å². The van der Waals surface area contributed by atoms with Gasteiger partial charge in [0, 0.05) is 36.8 Å². The third-order valence-electron chi connectivity index (χ3n) is 4.62. The van der Waals surface area contributed by atoms with E-state index >= 15 is 0 Å². The number of anilines is 1. The van der Waals surface area contributed by atoms with Crippen molar-refractivity contribution in [3.8, 4) is 5.75 Å². The van der Waals surface area contributed by atoms with E-state index in [-0.39, 0.29) is 5.75 Å². The summed E-state index contributed by atoms with van der Waals surface area (Å²) in [5, 5.41) is 23.5. The van der Waals surface area contributed by atoms with Crippen molar-refractivity contribution in [2.75, 3.05) is 31.3 Å². The van der Waals surface area contributed by atoms with E-state index in [2.05, 4.69) is 55.4 Å². The van der Waals surface area contributed by atoms with Gasteiger partial charge in [-0.05, 0) is 56.4 Å². The van der Waals surface area contributed by atoms with Crippen molar-refractivity contribution in [3.05, 3.63) is 53.6 Å². The van der Waals surface area contributed by atoms with Gasteiger partial charge in [-0.1, -0.05) is 23.8 Å². The van der Waals surface area contributed by atoms with Crippen molar-refractivity contribution < 1.29 is 10.2 Å². The number of hydrogen-bond acceptors (Lipinski definition) is 5. The third kappa shape index (κ3) is 5.94. The molecular formula is C21H30N2O2S. The fourth-order valence-electron chi connectivity index (χ4n) is 2.75. The second-order valence-electron chi connectivity index (χ2n) is 6.80. The third-order valence-corrected chi connectivity index (χ3v) is 5.39. The van der Waals surface area contributed by atoms with Crippen molar-refractivity contribution in [3.63, 3.8) is 0 Å². The number of aliphatic hydroxyl groups is 1. The summed E-state index contributed by atoms with van der Waals surface area (Å²) in [5.41, 5.74) is 3.31. The highest BCUT2D eigenvalue weighted by Crippen LogP contribution is 2.29. The van der Waals surface area contributed by atoms with Crippen LogP contribution in [-0.2, 0) is 0 Å². The molecule has 0 radical (unpaired) electrons. The first-order chi connectivity index (χ1) is 12.4. The molecule has 0 heterocycles. The summed E-state index contributed by atoms with van der Waals surface area (Å²) < 4.78 is 0. The predicted octanol–water partition coefficient (Wildman–Crippen LogP) is 3.96. The quantitative estimate of drug-likeness (QED) is 0.580. The Hall–Kier alpha value is -1.69. The van der Waals surface area contributed by atoms with Gasteiger partial charge in [0.25, 0.3) is 0 Å². The Morgan fingerprint density at radius 2 is 1.85 bits per heavy atom. The molecule has 0 amide bonds. The largest absolute Gasteiger partial charge is 0.507 e. The van der Waals surface area contributed by atoms with Crippen molar-refractivity contribution in [2.45, 2.75) is 37.3 Å². The molecule has 0 saturated heterocycles. The Bertz CT molecular complexity index is 691. The van der Waals surface area contributed by atoms with E-state index in [1.807, 2.05) is 12.3 Å². The number of phenolic OH excluding ortho intramolecular Hbond substituents is 1. The molecule has 5 heteroatoms. The van der Waals surface area contributed by atoms with Crippen LogP contribution < -0.4 is 10.2 Å². The smallest absolute Gasteiger partial charge is 0.129 e. The van der Waals surface area contributed by atoms with Crippen LogP contribution in [0.3, 0.4) is 0 Å². The summed E-state index contributed by atoms with van der Waals surface area (Å²) in [4.78, 5) is 3.04. The maximum atomic E-state index is 10.4. The summed E-state index contributed by atoms with van der Waals surface area (Å²) >= 11 is 1.47. The highest BCUT2D eigenvalue weighted by Gasteiger charge is 2.12. The lowest BCUT2D eigenvalue weighted by Gasteiger charge is -2.23. The molecule has 0 spiro atoms. The monoisotopic (exact) mass is 374 g/mol. The Balaban J connectivity index is 1.79.